The summed E-state index contributed by atoms with van der Waals surface area (Å²) in [4.78, 5) is 7.79. The van der Waals surface area contributed by atoms with E-state index in [0.29, 0.717) is 0 Å². The van der Waals surface area contributed by atoms with Crippen molar-refractivity contribution in [1.82, 2.24) is 9.97 Å². The van der Waals surface area contributed by atoms with Crippen molar-refractivity contribution in [3.63, 3.8) is 0 Å². The van der Waals surface area contributed by atoms with Gasteiger partial charge >= 0.3 is 6.18 Å². The molecule has 0 amide bonds. The van der Waals surface area contributed by atoms with Gasteiger partial charge in [0, 0.05) is 11.9 Å². The van der Waals surface area contributed by atoms with Gasteiger partial charge in [-0.2, -0.15) is 18.2 Å². The summed E-state index contributed by atoms with van der Waals surface area (Å²) in [6, 6.07) is 15.7. The van der Waals surface area contributed by atoms with E-state index in [1.165, 1.54) is 0 Å². The minimum atomic E-state index is -4.63. The second-order valence-corrected chi connectivity index (χ2v) is 6.19. The number of alkyl halides is 3. The highest BCUT2D eigenvalue weighted by molar-refractivity contribution is 5.60. The van der Waals surface area contributed by atoms with Crippen molar-refractivity contribution in [2.24, 2.45) is 0 Å². The Morgan fingerprint density at radius 2 is 1.63 bits per heavy atom. The zero-order valence-electron chi connectivity index (χ0n) is 14.8. The van der Waals surface area contributed by atoms with Crippen LogP contribution in [0.2, 0.25) is 0 Å². The van der Waals surface area contributed by atoms with Crippen LogP contribution in [0, 0.1) is 0 Å². The molecule has 0 aliphatic heterocycles. The van der Waals surface area contributed by atoms with E-state index >= 15 is 0 Å². The van der Waals surface area contributed by atoms with Gasteiger partial charge in [0.15, 0.2) is 0 Å². The third-order valence-electron chi connectivity index (χ3n) is 3.85. The Morgan fingerprint density at radius 3 is 2.30 bits per heavy atom. The van der Waals surface area contributed by atoms with E-state index in [1.54, 1.807) is 30.3 Å². The van der Waals surface area contributed by atoms with Gasteiger partial charge in [0.25, 0.3) is 0 Å². The van der Waals surface area contributed by atoms with Crippen LogP contribution in [0.3, 0.4) is 0 Å². The number of rotatable bonds is 5. The zero-order valence-corrected chi connectivity index (χ0v) is 14.8. The quantitative estimate of drug-likeness (QED) is 0.582. The Kier molecular flexibility index (Phi) is 5.30. The van der Waals surface area contributed by atoms with Crippen LogP contribution in [0.1, 0.15) is 30.9 Å². The summed E-state index contributed by atoms with van der Waals surface area (Å²) in [7, 11) is 0. The molecule has 0 bridgehead atoms. The first-order chi connectivity index (χ1) is 12.8. The lowest BCUT2D eigenvalue weighted by Gasteiger charge is -2.16. The molecule has 0 saturated carbocycles. The highest BCUT2D eigenvalue weighted by Gasteiger charge is 2.36. The molecule has 4 nitrogen and oxygen atoms in total. The molecule has 2 aromatic carbocycles. The number of nitrogens with one attached hydrogen (secondary N) is 1. The minimum Gasteiger partial charge on any atom is -0.438 e. The highest BCUT2D eigenvalue weighted by atomic mass is 19.4. The standard InChI is InChI=1S/C20H18F3N3O/c1-13(2)15-10-6-7-11-17(15)25-19-24-12-16(20(21,22)23)18(26-19)27-14-8-4-3-5-9-14/h3-13H,1-2H3,(H,24,25,26). The molecule has 0 spiro atoms. The fourth-order valence-electron chi connectivity index (χ4n) is 2.53. The third-order valence-corrected chi connectivity index (χ3v) is 3.85. The summed E-state index contributed by atoms with van der Waals surface area (Å²) in [5, 5.41) is 2.99. The predicted molar refractivity (Wildman–Crippen MR) is 97.4 cm³/mol. The van der Waals surface area contributed by atoms with Gasteiger partial charge in [-0.15, -0.1) is 0 Å². The maximum absolute atomic E-state index is 13.3. The number of nitrogens with zero attached hydrogens (tertiary/aromatic N) is 2. The second-order valence-electron chi connectivity index (χ2n) is 6.19. The highest BCUT2D eigenvalue weighted by Crippen LogP contribution is 2.37. The molecule has 3 rings (SSSR count). The molecule has 1 aromatic heterocycles. The molecule has 0 radical (unpaired) electrons. The van der Waals surface area contributed by atoms with Crippen LogP contribution >= 0.6 is 0 Å². The van der Waals surface area contributed by atoms with E-state index < -0.39 is 17.6 Å². The Morgan fingerprint density at radius 1 is 0.963 bits per heavy atom. The molecule has 0 unspecified atom stereocenters. The molecule has 27 heavy (non-hydrogen) atoms. The van der Waals surface area contributed by atoms with Crippen molar-refractivity contribution in [2.75, 3.05) is 5.32 Å². The van der Waals surface area contributed by atoms with Crippen molar-refractivity contribution >= 4 is 11.6 Å². The minimum absolute atomic E-state index is 0.0297. The van der Waals surface area contributed by atoms with E-state index in [0.717, 1.165) is 17.4 Å². The molecule has 0 saturated heterocycles. The topological polar surface area (TPSA) is 47.0 Å². The van der Waals surface area contributed by atoms with Gasteiger partial charge in [0.05, 0.1) is 0 Å². The zero-order chi connectivity index (χ0) is 19.4. The molecule has 1 heterocycles. The molecule has 1 N–H and O–H groups in total. The van der Waals surface area contributed by atoms with Crippen LogP contribution in [0.5, 0.6) is 11.6 Å². The van der Waals surface area contributed by atoms with Gasteiger partial charge in [-0.25, -0.2) is 4.98 Å². The van der Waals surface area contributed by atoms with Crippen molar-refractivity contribution in [1.29, 1.82) is 0 Å². The van der Waals surface area contributed by atoms with Crippen LogP contribution < -0.4 is 10.1 Å². The number of hydrogen-bond donors (Lipinski definition) is 1. The number of para-hydroxylation sites is 2. The summed E-state index contributed by atoms with van der Waals surface area (Å²) in [6.07, 6.45) is -3.90. The van der Waals surface area contributed by atoms with E-state index in [2.05, 4.69) is 15.3 Å². The number of ether oxygens (including phenoxy) is 1. The normalized spacial score (nSPS) is 11.5. The molecular formula is C20H18F3N3O. The first-order valence-electron chi connectivity index (χ1n) is 8.37. The SMILES string of the molecule is CC(C)c1ccccc1Nc1ncc(C(F)(F)F)c(Oc2ccccc2)n1. The smallest absolute Gasteiger partial charge is 0.423 e. The fraction of sp³-hybridized carbons (Fsp3) is 0.200. The predicted octanol–water partition coefficient (Wildman–Crippen LogP) is 6.15. The Balaban J connectivity index is 1.97. The molecule has 0 fully saturated rings. The van der Waals surface area contributed by atoms with Gasteiger partial charge < -0.3 is 10.1 Å². The molecule has 0 aliphatic rings. The Bertz CT molecular complexity index is 912. The van der Waals surface area contributed by atoms with E-state index in [9.17, 15) is 13.2 Å². The molecule has 0 aliphatic carbocycles. The van der Waals surface area contributed by atoms with Crippen molar-refractivity contribution < 1.29 is 17.9 Å². The van der Waals surface area contributed by atoms with Crippen molar-refractivity contribution in [3.8, 4) is 11.6 Å². The van der Waals surface area contributed by atoms with E-state index in [-0.39, 0.29) is 17.6 Å². The summed E-state index contributed by atoms with van der Waals surface area (Å²) in [5.41, 5.74) is 0.707. The summed E-state index contributed by atoms with van der Waals surface area (Å²) >= 11 is 0. The van der Waals surface area contributed by atoms with E-state index in [4.69, 9.17) is 4.74 Å². The van der Waals surface area contributed by atoms with Crippen molar-refractivity contribution in [2.45, 2.75) is 25.9 Å². The lowest BCUT2D eigenvalue weighted by atomic mass is 10.0. The van der Waals surface area contributed by atoms with Crippen LogP contribution in [-0.4, -0.2) is 9.97 Å². The fourth-order valence-corrected chi connectivity index (χ4v) is 2.53. The van der Waals surface area contributed by atoms with Crippen LogP contribution in [-0.2, 0) is 6.18 Å². The number of halogens is 3. The van der Waals surface area contributed by atoms with E-state index in [1.807, 2.05) is 38.1 Å². The van der Waals surface area contributed by atoms with Gasteiger partial charge in [0.2, 0.25) is 11.8 Å². The monoisotopic (exact) mass is 373 g/mol. The summed E-state index contributed by atoms with van der Waals surface area (Å²) in [5.74, 6) is -0.0336. The number of benzene rings is 2. The molecule has 140 valence electrons. The second kappa shape index (κ2) is 7.65. The van der Waals surface area contributed by atoms with Gasteiger partial charge in [-0.05, 0) is 29.7 Å². The first kappa shape index (κ1) is 18.7. The Labute approximate surface area is 155 Å². The van der Waals surface area contributed by atoms with Crippen molar-refractivity contribution in [3.05, 3.63) is 71.9 Å². The lowest BCUT2D eigenvalue weighted by molar-refractivity contribution is -0.139. The number of anilines is 2. The average molecular weight is 373 g/mol. The average Bonchev–Trinajstić information content (AvgIpc) is 2.62. The maximum atomic E-state index is 13.3. The number of hydrogen-bond acceptors (Lipinski definition) is 4. The molecule has 0 atom stereocenters. The first-order valence-corrected chi connectivity index (χ1v) is 8.37. The van der Waals surface area contributed by atoms with Crippen LogP contribution in [0.15, 0.2) is 60.8 Å². The number of aromatic nitrogens is 2. The molecule has 3 aromatic rings. The lowest BCUT2D eigenvalue weighted by Crippen LogP contribution is -2.11. The Hall–Kier alpha value is -3.09. The summed E-state index contributed by atoms with van der Waals surface area (Å²) < 4.78 is 45.3. The summed E-state index contributed by atoms with van der Waals surface area (Å²) in [6.45, 7) is 4.05. The largest absolute Gasteiger partial charge is 0.438 e. The molecule has 7 heteroatoms. The maximum Gasteiger partial charge on any atom is 0.423 e. The van der Waals surface area contributed by atoms with Gasteiger partial charge in [0.1, 0.15) is 11.3 Å². The van der Waals surface area contributed by atoms with Gasteiger partial charge in [-0.1, -0.05) is 50.2 Å². The third kappa shape index (κ3) is 4.55. The van der Waals surface area contributed by atoms with Crippen LogP contribution in [0.4, 0.5) is 24.8 Å². The van der Waals surface area contributed by atoms with Gasteiger partial charge in [-0.3, -0.25) is 0 Å². The van der Waals surface area contributed by atoms with Crippen LogP contribution in [0.25, 0.3) is 0 Å². The molecular weight excluding hydrogens is 355 g/mol.